The van der Waals surface area contributed by atoms with E-state index in [1.165, 1.54) is 64.2 Å². The Labute approximate surface area is 149 Å². The van der Waals surface area contributed by atoms with Gasteiger partial charge in [0.1, 0.15) is 0 Å². The number of hydrogen-bond acceptors (Lipinski definition) is 0. The maximum absolute atomic E-state index is 3.15. The van der Waals surface area contributed by atoms with E-state index in [2.05, 4.69) is 43.0 Å². The third-order valence-electron chi connectivity index (χ3n) is 6.68. The van der Waals surface area contributed by atoms with Gasteiger partial charge in [-0.05, 0) is 86.8 Å². The summed E-state index contributed by atoms with van der Waals surface area (Å²) >= 11 is 0. The van der Waals surface area contributed by atoms with Crippen molar-refractivity contribution in [2.45, 2.75) is 84.0 Å². The van der Waals surface area contributed by atoms with Gasteiger partial charge in [-0.1, -0.05) is 50.7 Å². The average molecular weight is 323 g/mol. The Kier molecular flexibility index (Phi) is 6.42. The third-order valence-corrected chi connectivity index (χ3v) is 6.68. The first-order valence-corrected chi connectivity index (χ1v) is 10.3. The molecular weight excluding hydrogens is 288 g/mol. The van der Waals surface area contributed by atoms with Crippen LogP contribution in [-0.2, 0) is 0 Å². The molecule has 0 aliphatic heterocycles. The van der Waals surface area contributed by atoms with Gasteiger partial charge >= 0.3 is 0 Å². The van der Waals surface area contributed by atoms with Crippen molar-refractivity contribution in [3.8, 4) is 11.8 Å². The van der Waals surface area contributed by atoms with E-state index in [-0.39, 0.29) is 0 Å². The highest BCUT2D eigenvalue weighted by Crippen LogP contribution is 2.44. The van der Waals surface area contributed by atoms with Crippen LogP contribution in [0.4, 0.5) is 0 Å². The minimum Gasteiger partial charge on any atom is -0.101 e. The molecule has 0 unspecified atom stereocenters. The van der Waals surface area contributed by atoms with E-state index in [0.29, 0.717) is 0 Å². The predicted molar refractivity (Wildman–Crippen MR) is 104 cm³/mol. The molecule has 0 atom stereocenters. The van der Waals surface area contributed by atoms with E-state index in [0.717, 1.165) is 29.2 Å². The zero-order valence-corrected chi connectivity index (χ0v) is 15.7. The first kappa shape index (κ1) is 17.6. The minimum absolute atomic E-state index is 0.793. The number of benzene rings is 1. The summed E-state index contributed by atoms with van der Waals surface area (Å²) in [6.45, 7) is 4.25. The number of rotatable bonds is 4. The van der Waals surface area contributed by atoms with Gasteiger partial charge in [0.2, 0.25) is 0 Å². The Hall–Kier alpha value is -1.22. The molecule has 24 heavy (non-hydrogen) atoms. The van der Waals surface area contributed by atoms with Gasteiger partial charge in [-0.3, -0.25) is 0 Å². The van der Waals surface area contributed by atoms with Crippen LogP contribution in [0.2, 0.25) is 0 Å². The molecule has 1 aromatic rings. The molecule has 0 bridgehead atoms. The van der Waals surface area contributed by atoms with Crippen LogP contribution in [0.25, 0.3) is 0 Å². The van der Waals surface area contributed by atoms with E-state index in [9.17, 15) is 0 Å². The third kappa shape index (κ3) is 4.44. The van der Waals surface area contributed by atoms with Crippen LogP contribution in [0.3, 0.4) is 0 Å². The maximum atomic E-state index is 3.15. The van der Waals surface area contributed by atoms with Gasteiger partial charge in [-0.25, -0.2) is 0 Å². The topological polar surface area (TPSA) is 0 Å². The second kappa shape index (κ2) is 8.75. The lowest BCUT2D eigenvalue weighted by atomic mass is 9.68. The van der Waals surface area contributed by atoms with Gasteiger partial charge in [0.25, 0.3) is 0 Å². The van der Waals surface area contributed by atoms with Crippen LogP contribution in [0.15, 0.2) is 24.3 Å². The van der Waals surface area contributed by atoms with Gasteiger partial charge < -0.3 is 0 Å². The monoisotopic (exact) mass is 322 g/mol. The second-order valence-electron chi connectivity index (χ2n) is 8.18. The zero-order chi connectivity index (χ0) is 16.8. The fraction of sp³-hybridized carbons (Fsp3) is 0.667. The maximum Gasteiger partial charge on any atom is 0.0245 e. The standard InChI is InChI=1S/C24H34/c1-3-5-19-7-11-21(12-8-19)23-15-17-24(18-16-23)22-13-9-20(6-4-2)10-14-22/h9-10,13-14,19,21,23-24H,3,5,7-8,11-12,15-18H2,1-2H3. The van der Waals surface area contributed by atoms with Crippen molar-refractivity contribution >= 4 is 0 Å². The van der Waals surface area contributed by atoms with Gasteiger partial charge in [0, 0.05) is 5.56 Å². The van der Waals surface area contributed by atoms with Gasteiger partial charge in [-0.15, -0.1) is 5.92 Å². The van der Waals surface area contributed by atoms with E-state index >= 15 is 0 Å². The fourth-order valence-electron chi connectivity index (χ4n) is 5.26. The highest BCUT2D eigenvalue weighted by atomic mass is 14.4. The first-order valence-electron chi connectivity index (χ1n) is 10.3. The second-order valence-corrected chi connectivity index (χ2v) is 8.18. The molecule has 0 amide bonds. The molecule has 2 aliphatic carbocycles. The van der Waals surface area contributed by atoms with Gasteiger partial charge in [-0.2, -0.15) is 0 Å². The lowest BCUT2D eigenvalue weighted by Gasteiger charge is -2.38. The Bertz CT molecular complexity index is 540. The summed E-state index contributed by atoms with van der Waals surface area (Å²) in [4.78, 5) is 0. The largest absolute Gasteiger partial charge is 0.101 e. The smallest absolute Gasteiger partial charge is 0.0245 e. The van der Waals surface area contributed by atoms with Crippen LogP contribution >= 0.6 is 0 Å². The minimum atomic E-state index is 0.793. The normalized spacial score (nSPS) is 30.4. The highest BCUT2D eigenvalue weighted by molar-refractivity contribution is 5.36. The Morgan fingerprint density at radius 2 is 1.42 bits per heavy atom. The van der Waals surface area contributed by atoms with Crippen molar-refractivity contribution in [3.05, 3.63) is 35.4 Å². The fourth-order valence-corrected chi connectivity index (χ4v) is 5.26. The summed E-state index contributed by atoms with van der Waals surface area (Å²) < 4.78 is 0. The van der Waals surface area contributed by atoms with Crippen LogP contribution < -0.4 is 0 Å². The van der Waals surface area contributed by atoms with Crippen molar-refractivity contribution in [2.75, 3.05) is 0 Å². The van der Waals surface area contributed by atoms with E-state index in [1.807, 2.05) is 6.92 Å². The molecule has 0 spiro atoms. The van der Waals surface area contributed by atoms with Crippen LogP contribution in [0.1, 0.15) is 95.1 Å². The molecule has 2 fully saturated rings. The van der Waals surface area contributed by atoms with Gasteiger partial charge in [0.15, 0.2) is 0 Å². The van der Waals surface area contributed by atoms with Crippen molar-refractivity contribution in [1.29, 1.82) is 0 Å². The molecule has 130 valence electrons. The Balaban J connectivity index is 1.48. The quantitative estimate of drug-likeness (QED) is 0.527. The summed E-state index contributed by atoms with van der Waals surface area (Å²) in [6, 6.07) is 9.04. The van der Waals surface area contributed by atoms with Crippen LogP contribution in [-0.4, -0.2) is 0 Å². The summed E-state index contributed by atoms with van der Waals surface area (Å²) in [7, 11) is 0. The van der Waals surface area contributed by atoms with E-state index in [1.54, 1.807) is 5.56 Å². The van der Waals surface area contributed by atoms with Crippen molar-refractivity contribution in [3.63, 3.8) is 0 Å². The molecule has 0 heterocycles. The van der Waals surface area contributed by atoms with Crippen LogP contribution in [0, 0.1) is 29.6 Å². The van der Waals surface area contributed by atoms with Crippen molar-refractivity contribution in [2.24, 2.45) is 17.8 Å². The molecule has 2 aliphatic rings. The molecular formula is C24H34. The molecule has 0 N–H and O–H groups in total. The average Bonchev–Trinajstić information content (AvgIpc) is 2.64. The lowest BCUT2D eigenvalue weighted by Crippen LogP contribution is -2.25. The van der Waals surface area contributed by atoms with E-state index in [4.69, 9.17) is 0 Å². The highest BCUT2D eigenvalue weighted by Gasteiger charge is 2.30. The summed E-state index contributed by atoms with van der Waals surface area (Å²) in [5.74, 6) is 10.0. The summed E-state index contributed by atoms with van der Waals surface area (Å²) in [6.07, 6.45) is 14.6. The van der Waals surface area contributed by atoms with Crippen LogP contribution in [0.5, 0.6) is 0 Å². The Morgan fingerprint density at radius 1 is 0.833 bits per heavy atom. The molecule has 0 heteroatoms. The molecule has 0 nitrogen and oxygen atoms in total. The zero-order valence-electron chi connectivity index (χ0n) is 15.7. The lowest BCUT2D eigenvalue weighted by molar-refractivity contribution is 0.156. The SMILES string of the molecule is CC#Cc1ccc(C2CCC(C3CCC(CCC)CC3)CC2)cc1. The van der Waals surface area contributed by atoms with Crippen molar-refractivity contribution in [1.82, 2.24) is 0 Å². The molecule has 3 rings (SSSR count). The van der Waals surface area contributed by atoms with Crippen molar-refractivity contribution < 1.29 is 0 Å². The molecule has 2 saturated carbocycles. The van der Waals surface area contributed by atoms with Gasteiger partial charge in [0.05, 0.1) is 0 Å². The summed E-state index contributed by atoms with van der Waals surface area (Å²) in [5, 5.41) is 0. The molecule has 0 aromatic heterocycles. The molecule has 0 radical (unpaired) electrons. The molecule has 0 saturated heterocycles. The summed E-state index contributed by atoms with van der Waals surface area (Å²) in [5.41, 5.74) is 2.69. The van der Waals surface area contributed by atoms with E-state index < -0.39 is 0 Å². The Morgan fingerprint density at radius 3 is 1.96 bits per heavy atom. The first-order chi connectivity index (χ1) is 11.8. The predicted octanol–water partition coefficient (Wildman–Crippen LogP) is 6.94. The number of hydrogen-bond donors (Lipinski definition) is 0. The molecule has 1 aromatic carbocycles.